The quantitative estimate of drug-likeness (QED) is 0.670. The van der Waals surface area contributed by atoms with Crippen molar-refractivity contribution in [3.63, 3.8) is 0 Å². The lowest BCUT2D eigenvalue weighted by Gasteiger charge is -2.06. The molecule has 0 aliphatic heterocycles. The Morgan fingerprint density at radius 1 is 1.24 bits per heavy atom. The molecule has 2 aromatic rings. The van der Waals surface area contributed by atoms with Gasteiger partial charge in [-0.2, -0.15) is 0 Å². The van der Waals surface area contributed by atoms with Crippen LogP contribution in [-0.2, 0) is 6.54 Å². The summed E-state index contributed by atoms with van der Waals surface area (Å²) in [7, 11) is 0. The minimum atomic E-state index is -0.792. The fraction of sp³-hybridized carbons (Fsp3) is 0.182. The van der Waals surface area contributed by atoms with Gasteiger partial charge in [-0.1, -0.05) is 0 Å². The average molecular weight is 236 g/mol. The average Bonchev–Trinajstić information content (AvgIpc) is 2.28. The maximum absolute atomic E-state index is 13.3. The third-order valence-electron chi connectivity index (χ3n) is 2.37. The first kappa shape index (κ1) is 11.5. The lowest BCUT2D eigenvalue weighted by atomic mass is 10.1. The first-order chi connectivity index (χ1) is 8.11. The molecule has 0 bridgehead atoms. The zero-order chi connectivity index (χ0) is 12.4. The van der Waals surface area contributed by atoms with E-state index < -0.39 is 16.9 Å². The number of benzene rings is 1. The van der Waals surface area contributed by atoms with Gasteiger partial charge in [0.15, 0.2) is 0 Å². The third kappa shape index (κ3) is 2.26. The lowest BCUT2D eigenvalue weighted by molar-refractivity contribution is 0.624. The molecule has 0 saturated heterocycles. The molecule has 0 atom stereocenters. The maximum Gasteiger partial charge on any atom is 0.314 e. The number of aromatic amines is 2. The highest BCUT2D eigenvalue weighted by Crippen LogP contribution is 2.14. The number of hydrogen-bond donors (Lipinski definition) is 3. The summed E-state index contributed by atoms with van der Waals surface area (Å²) in [6.45, 7) is 4.44. The normalized spacial score (nSPS) is 10.9. The number of aromatic nitrogens is 2. The first-order valence-corrected chi connectivity index (χ1v) is 5.06. The summed E-state index contributed by atoms with van der Waals surface area (Å²) >= 11 is 0. The fourth-order valence-electron chi connectivity index (χ4n) is 1.62. The summed E-state index contributed by atoms with van der Waals surface area (Å²) in [5.74, 6) is -0.471. The summed E-state index contributed by atoms with van der Waals surface area (Å²) in [4.78, 5) is 27.1. The van der Waals surface area contributed by atoms with Gasteiger partial charge in [-0.15, -0.1) is 0 Å². The van der Waals surface area contributed by atoms with Crippen molar-refractivity contribution in [3.8, 4) is 0 Å². The van der Waals surface area contributed by atoms with Crippen LogP contribution in [-0.4, -0.2) is 16.5 Å². The van der Waals surface area contributed by atoms with Gasteiger partial charge in [0.2, 0.25) is 0 Å². The van der Waals surface area contributed by atoms with Crippen LogP contribution in [0.15, 0.2) is 21.7 Å². The van der Waals surface area contributed by atoms with Crippen molar-refractivity contribution in [1.82, 2.24) is 15.3 Å². The van der Waals surface area contributed by atoms with E-state index in [1.165, 1.54) is 12.1 Å². The Morgan fingerprint density at radius 2 is 1.94 bits per heavy atom. The highest BCUT2D eigenvalue weighted by molar-refractivity contribution is 5.77. The fourth-order valence-corrected chi connectivity index (χ4v) is 1.62. The highest BCUT2D eigenvalue weighted by Gasteiger charge is 2.07. The summed E-state index contributed by atoms with van der Waals surface area (Å²) in [6.07, 6.45) is 0. The molecule has 0 aliphatic carbocycles. The van der Waals surface area contributed by atoms with E-state index in [1.807, 2.05) is 0 Å². The molecule has 6 heteroatoms. The molecule has 5 nitrogen and oxygen atoms in total. The molecule has 0 unspecified atom stereocenters. The van der Waals surface area contributed by atoms with Crippen LogP contribution in [0.4, 0.5) is 4.39 Å². The molecule has 0 fully saturated rings. The van der Waals surface area contributed by atoms with Gasteiger partial charge in [0.25, 0.3) is 0 Å². The van der Waals surface area contributed by atoms with Gasteiger partial charge in [0, 0.05) is 6.54 Å². The van der Waals surface area contributed by atoms with Crippen molar-refractivity contribution in [2.75, 3.05) is 6.54 Å². The number of halogens is 1. The largest absolute Gasteiger partial charge is 0.316 e. The van der Waals surface area contributed by atoms with E-state index in [0.29, 0.717) is 24.2 Å². The molecule has 1 heterocycles. The molecule has 1 aromatic heterocycles. The predicted octanol–water partition coefficient (Wildman–Crippen LogP) is 0.279. The van der Waals surface area contributed by atoms with Crippen molar-refractivity contribution in [1.29, 1.82) is 0 Å². The molecule has 1 aromatic carbocycles. The number of rotatable bonds is 3. The van der Waals surface area contributed by atoms with Gasteiger partial charge in [0.1, 0.15) is 5.82 Å². The van der Waals surface area contributed by atoms with Crippen molar-refractivity contribution >= 4 is 11.0 Å². The van der Waals surface area contributed by atoms with Crippen molar-refractivity contribution in [2.45, 2.75) is 6.54 Å². The zero-order valence-corrected chi connectivity index (χ0v) is 8.97. The Labute approximate surface area is 95.7 Å². The molecule has 0 aliphatic rings. The van der Waals surface area contributed by atoms with Gasteiger partial charge in [0.05, 0.1) is 11.0 Å². The van der Waals surface area contributed by atoms with Gasteiger partial charge < -0.3 is 15.3 Å². The molecule has 2 rings (SSSR count). The first-order valence-electron chi connectivity index (χ1n) is 5.06. The summed E-state index contributed by atoms with van der Waals surface area (Å²) < 4.78 is 13.3. The molecular weight excluding hydrogens is 225 g/mol. The number of H-pyrrole nitrogens is 2. The third-order valence-corrected chi connectivity index (χ3v) is 2.37. The summed E-state index contributed by atoms with van der Waals surface area (Å²) in [6, 6.07) is 2.47. The standard InChI is InChI=1S/C11H11FN3O2/c1-2-13-5-6-3-7(12)4-8-9(6)15-11(17)10(16)14-8/h3-4,13H,1-2,5H2,(H,14,16)(H,15,17). The Morgan fingerprint density at radius 3 is 2.65 bits per heavy atom. The molecular formula is C11H11FN3O2. The molecule has 0 saturated carbocycles. The van der Waals surface area contributed by atoms with E-state index in [1.54, 1.807) is 0 Å². The lowest BCUT2D eigenvalue weighted by Crippen LogP contribution is -2.29. The minimum absolute atomic E-state index is 0.274. The Bertz CT molecular complexity index is 660. The summed E-state index contributed by atoms with van der Waals surface area (Å²) in [5, 5.41) is 2.93. The van der Waals surface area contributed by atoms with Crippen molar-refractivity contribution in [2.24, 2.45) is 0 Å². The van der Waals surface area contributed by atoms with Crippen LogP contribution >= 0.6 is 0 Å². The topological polar surface area (TPSA) is 77.8 Å². The van der Waals surface area contributed by atoms with E-state index in [0.717, 1.165) is 0 Å². The molecule has 17 heavy (non-hydrogen) atoms. The predicted molar refractivity (Wildman–Crippen MR) is 62.2 cm³/mol. The number of hydrogen-bond acceptors (Lipinski definition) is 3. The molecule has 0 amide bonds. The van der Waals surface area contributed by atoms with Crippen LogP contribution in [0, 0.1) is 12.7 Å². The second-order valence-electron chi connectivity index (χ2n) is 3.57. The van der Waals surface area contributed by atoms with E-state index in [4.69, 9.17) is 0 Å². The SMILES string of the molecule is [CH2]CNCc1cc(F)cc2[nH]c(=O)c(=O)[nH]c12. The van der Waals surface area contributed by atoms with Gasteiger partial charge in [-0.3, -0.25) is 9.59 Å². The monoisotopic (exact) mass is 236 g/mol. The Balaban J connectivity index is 2.69. The highest BCUT2D eigenvalue weighted by atomic mass is 19.1. The summed E-state index contributed by atoms with van der Waals surface area (Å²) in [5.41, 5.74) is -0.274. The molecule has 0 spiro atoms. The second kappa shape index (κ2) is 4.50. The smallest absolute Gasteiger partial charge is 0.314 e. The van der Waals surface area contributed by atoms with Gasteiger partial charge in [-0.05, 0) is 31.2 Å². The van der Waals surface area contributed by atoms with E-state index in [9.17, 15) is 14.0 Å². The molecule has 89 valence electrons. The van der Waals surface area contributed by atoms with Crippen LogP contribution in [0.5, 0.6) is 0 Å². The van der Waals surface area contributed by atoms with Gasteiger partial charge in [-0.25, -0.2) is 4.39 Å². The van der Waals surface area contributed by atoms with Crippen LogP contribution in [0.3, 0.4) is 0 Å². The maximum atomic E-state index is 13.3. The van der Waals surface area contributed by atoms with E-state index in [2.05, 4.69) is 22.2 Å². The Hall–Kier alpha value is -1.95. The van der Waals surface area contributed by atoms with Crippen molar-refractivity contribution < 1.29 is 4.39 Å². The van der Waals surface area contributed by atoms with Crippen LogP contribution in [0.25, 0.3) is 11.0 Å². The second-order valence-corrected chi connectivity index (χ2v) is 3.57. The Kier molecular flexibility index (Phi) is 3.06. The van der Waals surface area contributed by atoms with Crippen LogP contribution < -0.4 is 16.4 Å². The number of nitrogens with one attached hydrogen (secondary N) is 3. The van der Waals surface area contributed by atoms with E-state index in [-0.39, 0.29) is 5.52 Å². The number of fused-ring (bicyclic) bond motifs is 1. The molecule has 3 N–H and O–H groups in total. The van der Waals surface area contributed by atoms with Crippen LogP contribution in [0.1, 0.15) is 5.56 Å². The van der Waals surface area contributed by atoms with Crippen molar-refractivity contribution in [3.05, 3.63) is 51.1 Å². The van der Waals surface area contributed by atoms with Crippen LogP contribution in [0.2, 0.25) is 0 Å². The zero-order valence-electron chi connectivity index (χ0n) is 8.97. The minimum Gasteiger partial charge on any atom is -0.316 e. The van der Waals surface area contributed by atoms with Gasteiger partial charge >= 0.3 is 11.1 Å². The van der Waals surface area contributed by atoms with E-state index >= 15 is 0 Å². The molecule has 1 radical (unpaired) electrons.